The summed E-state index contributed by atoms with van der Waals surface area (Å²) in [5.41, 5.74) is 9.63. The predicted octanol–water partition coefficient (Wildman–Crippen LogP) is 3.62. The number of nitrogens with zero attached hydrogens (tertiary/aromatic N) is 1. The van der Waals surface area contributed by atoms with Gasteiger partial charge in [-0.15, -0.1) is 0 Å². The molecule has 2 aromatic rings. The molecule has 1 aromatic carbocycles. The topological polar surface area (TPSA) is 48.1 Å². The standard InChI is InChI=1S/C14H15BrN2O/c1-9-7-17-13(10(2)14(9)16)8-18-12-5-3-4-11(15)6-12/h3-7H,8H2,1-2H3,(H2,16,17). The maximum absolute atomic E-state index is 5.97. The summed E-state index contributed by atoms with van der Waals surface area (Å²) in [7, 11) is 0. The number of benzene rings is 1. The normalized spacial score (nSPS) is 10.4. The lowest BCUT2D eigenvalue weighted by atomic mass is 10.1. The van der Waals surface area contributed by atoms with Crippen molar-refractivity contribution >= 4 is 21.6 Å². The number of rotatable bonds is 3. The van der Waals surface area contributed by atoms with E-state index in [0.717, 1.165) is 32.7 Å². The van der Waals surface area contributed by atoms with Crippen LogP contribution in [0.3, 0.4) is 0 Å². The lowest BCUT2D eigenvalue weighted by Crippen LogP contribution is -2.05. The van der Waals surface area contributed by atoms with Gasteiger partial charge in [0.05, 0.1) is 5.69 Å². The lowest BCUT2D eigenvalue weighted by Gasteiger charge is -2.11. The van der Waals surface area contributed by atoms with Crippen molar-refractivity contribution in [2.45, 2.75) is 20.5 Å². The molecule has 18 heavy (non-hydrogen) atoms. The van der Waals surface area contributed by atoms with Gasteiger partial charge in [-0.05, 0) is 43.2 Å². The molecule has 0 amide bonds. The molecule has 4 heteroatoms. The average Bonchev–Trinajstić information content (AvgIpc) is 2.35. The third kappa shape index (κ3) is 2.82. The van der Waals surface area contributed by atoms with E-state index in [2.05, 4.69) is 20.9 Å². The number of aryl methyl sites for hydroxylation is 1. The summed E-state index contributed by atoms with van der Waals surface area (Å²) in [6.07, 6.45) is 1.78. The van der Waals surface area contributed by atoms with E-state index in [1.807, 2.05) is 38.1 Å². The summed E-state index contributed by atoms with van der Waals surface area (Å²) in [4.78, 5) is 4.36. The maximum Gasteiger partial charge on any atom is 0.131 e. The van der Waals surface area contributed by atoms with Crippen molar-refractivity contribution in [1.82, 2.24) is 4.98 Å². The molecule has 0 aliphatic rings. The zero-order chi connectivity index (χ0) is 13.1. The molecule has 3 nitrogen and oxygen atoms in total. The van der Waals surface area contributed by atoms with Crippen LogP contribution in [0.15, 0.2) is 34.9 Å². The van der Waals surface area contributed by atoms with Gasteiger partial charge >= 0.3 is 0 Å². The van der Waals surface area contributed by atoms with Gasteiger partial charge in [0.2, 0.25) is 0 Å². The highest BCUT2D eigenvalue weighted by Crippen LogP contribution is 2.21. The SMILES string of the molecule is Cc1cnc(COc2cccc(Br)c2)c(C)c1N. The van der Waals surface area contributed by atoms with Crippen LogP contribution < -0.4 is 10.5 Å². The fourth-order valence-corrected chi connectivity index (χ4v) is 2.02. The van der Waals surface area contributed by atoms with Crippen molar-refractivity contribution in [3.05, 3.63) is 51.8 Å². The quantitative estimate of drug-likeness (QED) is 0.942. The van der Waals surface area contributed by atoms with Gasteiger partial charge in [-0.1, -0.05) is 22.0 Å². The Labute approximate surface area is 115 Å². The molecule has 0 aliphatic carbocycles. The van der Waals surface area contributed by atoms with Crippen LogP contribution >= 0.6 is 15.9 Å². The van der Waals surface area contributed by atoms with E-state index in [9.17, 15) is 0 Å². The van der Waals surface area contributed by atoms with Crippen LogP contribution in [0.4, 0.5) is 5.69 Å². The maximum atomic E-state index is 5.97. The van der Waals surface area contributed by atoms with Gasteiger partial charge < -0.3 is 10.5 Å². The Hall–Kier alpha value is -1.55. The second-order valence-corrected chi connectivity index (χ2v) is 5.09. The van der Waals surface area contributed by atoms with Crippen LogP contribution in [0.1, 0.15) is 16.8 Å². The second kappa shape index (κ2) is 5.40. The van der Waals surface area contributed by atoms with Crippen molar-refractivity contribution in [3.63, 3.8) is 0 Å². The van der Waals surface area contributed by atoms with E-state index in [4.69, 9.17) is 10.5 Å². The van der Waals surface area contributed by atoms with Crippen molar-refractivity contribution < 1.29 is 4.74 Å². The number of nitrogen functional groups attached to an aromatic ring is 1. The Morgan fingerprint density at radius 3 is 2.83 bits per heavy atom. The molecule has 0 bridgehead atoms. The minimum absolute atomic E-state index is 0.423. The Morgan fingerprint density at radius 1 is 1.33 bits per heavy atom. The van der Waals surface area contributed by atoms with Gasteiger partial charge in [0.25, 0.3) is 0 Å². The van der Waals surface area contributed by atoms with E-state index in [1.165, 1.54) is 0 Å². The Morgan fingerprint density at radius 2 is 2.11 bits per heavy atom. The summed E-state index contributed by atoms with van der Waals surface area (Å²) in [6, 6.07) is 7.73. The van der Waals surface area contributed by atoms with Crippen molar-refractivity contribution in [2.24, 2.45) is 0 Å². The molecule has 1 heterocycles. The summed E-state index contributed by atoms with van der Waals surface area (Å²) < 4.78 is 6.69. The monoisotopic (exact) mass is 306 g/mol. The highest BCUT2D eigenvalue weighted by atomic mass is 79.9. The molecule has 0 spiro atoms. The van der Waals surface area contributed by atoms with Crippen molar-refractivity contribution in [2.75, 3.05) is 5.73 Å². The van der Waals surface area contributed by atoms with Gasteiger partial charge in [-0.3, -0.25) is 4.98 Å². The van der Waals surface area contributed by atoms with E-state index in [0.29, 0.717) is 6.61 Å². The number of hydrogen-bond acceptors (Lipinski definition) is 3. The number of anilines is 1. The zero-order valence-electron chi connectivity index (χ0n) is 10.4. The number of pyridine rings is 1. The summed E-state index contributed by atoms with van der Waals surface area (Å²) >= 11 is 3.41. The largest absolute Gasteiger partial charge is 0.487 e. The molecule has 94 valence electrons. The Bertz CT molecular complexity index is 570. The van der Waals surface area contributed by atoms with Crippen molar-refractivity contribution in [1.29, 1.82) is 0 Å². The molecule has 0 fully saturated rings. The zero-order valence-corrected chi connectivity index (χ0v) is 12.0. The molecule has 2 rings (SSSR count). The Kier molecular flexibility index (Phi) is 3.87. The highest BCUT2D eigenvalue weighted by molar-refractivity contribution is 9.10. The molecule has 0 unspecified atom stereocenters. The van der Waals surface area contributed by atoms with Crippen LogP contribution in [-0.4, -0.2) is 4.98 Å². The molecule has 1 aromatic heterocycles. The van der Waals surface area contributed by atoms with Gasteiger partial charge in [-0.2, -0.15) is 0 Å². The molecule has 0 saturated heterocycles. The van der Waals surface area contributed by atoms with E-state index >= 15 is 0 Å². The van der Waals surface area contributed by atoms with E-state index in [1.54, 1.807) is 6.20 Å². The highest BCUT2D eigenvalue weighted by Gasteiger charge is 2.06. The van der Waals surface area contributed by atoms with Gasteiger partial charge in [-0.25, -0.2) is 0 Å². The van der Waals surface area contributed by atoms with E-state index < -0.39 is 0 Å². The molecule has 2 N–H and O–H groups in total. The average molecular weight is 307 g/mol. The molecule has 0 radical (unpaired) electrons. The first kappa shape index (κ1) is 12.9. The smallest absolute Gasteiger partial charge is 0.131 e. The van der Waals surface area contributed by atoms with E-state index in [-0.39, 0.29) is 0 Å². The second-order valence-electron chi connectivity index (χ2n) is 4.17. The first-order chi connectivity index (χ1) is 8.58. The molecular formula is C14H15BrN2O. The first-order valence-electron chi connectivity index (χ1n) is 5.67. The number of ether oxygens (including phenoxy) is 1. The number of nitrogens with two attached hydrogens (primary N) is 1. The minimum Gasteiger partial charge on any atom is -0.487 e. The number of aromatic nitrogens is 1. The fourth-order valence-electron chi connectivity index (χ4n) is 1.65. The van der Waals surface area contributed by atoms with Crippen LogP contribution in [-0.2, 0) is 6.61 Å². The van der Waals surface area contributed by atoms with Gasteiger partial charge in [0.15, 0.2) is 0 Å². The molecule has 0 saturated carbocycles. The Balaban J connectivity index is 2.14. The predicted molar refractivity (Wildman–Crippen MR) is 76.6 cm³/mol. The minimum atomic E-state index is 0.423. The molecule has 0 aliphatic heterocycles. The number of halogens is 1. The summed E-state index contributed by atoms with van der Waals surface area (Å²) in [5.74, 6) is 0.810. The van der Waals surface area contributed by atoms with Crippen LogP contribution in [0.25, 0.3) is 0 Å². The molecular weight excluding hydrogens is 292 g/mol. The third-order valence-electron chi connectivity index (χ3n) is 2.85. The van der Waals surface area contributed by atoms with Crippen LogP contribution in [0.2, 0.25) is 0 Å². The van der Waals surface area contributed by atoms with Crippen molar-refractivity contribution in [3.8, 4) is 5.75 Å². The summed E-state index contributed by atoms with van der Waals surface area (Å²) in [6.45, 7) is 4.34. The van der Waals surface area contributed by atoms with Gasteiger partial charge in [0, 0.05) is 16.4 Å². The van der Waals surface area contributed by atoms with Crippen LogP contribution in [0, 0.1) is 13.8 Å². The first-order valence-corrected chi connectivity index (χ1v) is 6.46. The number of hydrogen-bond donors (Lipinski definition) is 1. The summed E-state index contributed by atoms with van der Waals surface area (Å²) in [5, 5.41) is 0. The fraction of sp³-hybridized carbons (Fsp3) is 0.214. The van der Waals surface area contributed by atoms with Crippen LogP contribution in [0.5, 0.6) is 5.75 Å². The third-order valence-corrected chi connectivity index (χ3v) is 3.34. The molecule has 0 atom stereocenters. The van der Waals surface area contributed by atoms with Gasteiger partial charge in [0.1, 0.15) is 12.4 Å². The lowest BCUT2D eigenvalue weighted by molar-refractivity contribution is 0.300.